The first-order valence-electron chi connectivity index (χ1n) is 11.8. The van der Waals surface area contributed by atoms with E-state index in [2.05, 4.69) is 20.8 Å². The molecule has 4 saturated carbocycles. The van der Waals surface area contributed by atoms with E-state index >= 15 is 0 Å². The highest BCUT2D eigenvalue weighted by Gasteiger charge is 2.74. The van der Waals surface area contributed by atoms with E-state index < -0.39 is 34.4 Å². The van der Waals surface area contributed by atoms with Crippen molar-refractivity contribution in [3.05, 3.63) is 0 Å². The molecule has 0 aromatic carbocycles. The Morgan fingerprint density at radius 3 is 2.27 bits per heavy atom. The number of ether oxygens (including phenoxy) is 2. The highest BCUT2D eigenvalue weighted by atomic mass is 35.5. The lowest BCUT2D eigenvalue weighted by Gasteiger charge is -2.66. The zero-order chi connectivity index (χ0) is 23.2. The normalized spacial score (nSPS) is 54.4. The van der Waals surface area contributed by atoms with Gasteiger partial charge in [0.25, 0.3) is 0 Å². The van der Waals surface area contributed by atoms with Crippen molar-refractivity contribution in [3.8, 4) is 0 Å². The van der Waals surface area contributed by atoms with Crippen LogP contribution in [0.3, 0.4) is 0 Å². The fraction of sp³-hybridized carbons (Fsp3) is 0.917. The molecule has 5 nitrogen and oxygen atoms in total. The van der Waals surface area contributed by atoms with Crippen LogP contribution in [-0.4, -0.2) is 40.7 Å². The third-order valence-electron chi connectivity index (χ3n) is 9.56. The average Bonchev–Trinajstić information content (AvgIpc) is 2.80. The minimum absolute atomic E-state index is 0.0545. The number of aliphatic hydroxyl groups excluding tert-OH is 1. The number of fused-ring (bicyclic) bond motifs is 3. The van der Waals surface area contributed by atoms with E-state index in [0.717, 1.165) is 25.7 Å². The molecule has 0 heterocycles. The van der Waals surface area contributed by atoms with E-state index in [-0.39, 0.29) is 34.7 Å². The SMILES string of the molecule is [2H][C@@]1(OC(C)=O)C[C@@H]2[C@]3(CC[C@@H]4C(C)(C)CC[C@H](OC(C)=O)[C@]42C)C[C@@]1(C)[C@@H](O)[C@H]3Cl. The Labute approximate surface area is 186 Å². The molecule has 6 heteroatoms. The summed E-state index contributed by atoms with van der Waals surface area (Å²) in [6.45, 7) is 11.4. The van der Waals surface area contributed by atoms with Crippen LogP contribution >= 0.6 is 11.6 Å². The molecule has 0 radical (unpaired) electrons. The molecule has 1 spiro atoms. The van der Waals surface area contributed by atoms with Gasteiger partial charge in [-0.25, -0.2) is 0 Å². The lowest BCUT2D eigenvalue weighted by atomic mass is 9.39. The van der Waals surface area contributed by atoms with Gasteiger partial charge in [0.1, 0.15) is 12.2 Å². The van der Waals surface area contributed by atoms with Crippen LogP contribution < -0.4 is 0 Å². The Kier molecular flexibility index (Phi) is 4.80. The highest BCUT2D eigenvalue weighted by molar-refractivity contribution is 6.22. The van der Waals surface area contributed by atoms with Gasteiger partial charge in [0.05, 0.1) is 12.9 Å². The quantitative estimate of drug-likeness (QED) is 0.505. The molecule has 1 N–H and O–H groups in total. The topological polar surface area (TPSA) is 72.8 Å². The number of esters is 2. The van der Waals surface area contributed by atoms with E-state index in [4.69, 9.17) is 21.1 Å². The Bertz CT molecular complexity index is 803. The molecule has 4 rings (SSSR count). The fourth-order valence-electron chi connectivity index (χ4n) is 8.32. The minimum atomic E-state index is -1.58. The molecule has 2 bridgehead atoms. The van der Waals surface area contributed by atoms with Gasteiger partial charge in [0.15, 0.2) is 0 Å². The number of aliphatic hydroxyl groups is 1. The summed E-state index contributed by atoms with van der Waals surface area (Å²) in [5.41, 5.74) is -1.68. The van der Waals surface area contributed by atoms with Crippen molar-refractivity contribution >= 4 is 23.5 Å². The van der Waals surface area contributed by atoms with E-state index in [9.17, 15) is 16.1 Å². The Hall–Kier alpha value is -0.810. The lowest BCUT2D eigenvalue weighted by Crippen LogP contribution is -2.64. The van der Waals surface area contributed by atoms with Gasteiger partial charge in [-0.05, 0) is 61.2 Å². The molecule has 0 saturated heterocycles. The van der Waals surface area contributed by atoms with E-state index in [1.807, 2.05) is 6.92 Å². The average molecular weight is 442 g/mol. The lowest BCUT2D eigenvalue weighted by molar-refractivity contribution is -0.228. The summed E-state index contributed by atoms with van der Waals surface area (Å²) >= 11 is 7.02. The van der Waals surface area contributed by atoms with Crippen molar-refractivity contribution in [2.45, 2.75) is 104 Å². The molecule has 4 aliphatic rings. The summed E-state index contributed by atoms with van der Waals surface area (Å²) in [6, 6.07) is 0. The van der Waals surface area contributed by atoms with Crippen LogP contribution in [0.25, 0.3) is 0 Å². The number of carbonyl (C=O) groups is 2. The van der Waals surface area contributed by atoms with Crippen molar-refractivity contribution in [1.82, 2.24) is 0 Å². The third-order valence-corrected chi connectivity index (χ3v) is 10.2. The number of carbonyl (C=O) groups excluding carboxylic acids is 2. The van der Waals surface area contributed by atoms with Gasteiger partial charge < -0.3 is 14.6 Å². The van der Waals surface area contributed by atoms with Crippen molar-refractivity contribution < 1.29 is 25.5 Å². The maximum atomic E-state index is 12.1. The monoisotopic (exact) mass is 441 g/mol. The molecule has 0 unspecified atom stereocenters. The molecule has 4 aliphatic carbocycles. The molecule has 0 aliphatic heterocycles. The molecule has 0 aromatic rings. The summed E-state index contributed by atoms with van der Waals surface area (Å²) in [5, 5.41) is 10.7. The van der Waals surface area contributed by atoms with E-state index in [1.54, 1.807) is 0 Å². The second-order valence-electron chi connectivity index (χ2n) is 11.5. The summed E-state index contributed by atoms with van der Waals surface area (Å²) in [4.78, 5) is 24.1. The fourth-order valence-corrected chi connectivity index (χ4v) is 8.93. The van der Waals surface area contributed by atoms with Gasteiger partial charge in [-0.15, -0.1) is 11.6 Å². The number of rotatable bonds is 2. The number of hydrogen-bond acceptors (Lipinski definition) is 5. The van der Waals surface area contributed by atoms with Gasteiger partial charge in [-0.1, -0.05) is 27.7 Å². The molecule has 0 aromatic heterocycles. The van der Waals surface area contributed by atoms with Crippen LogP contribution in [0.5, 0.6) is 0 Å². The maximum absolute atomic E-state index is 12.1. The van der Waals surface area contributed by atoms with E-state index in [0.29, 0.717) is 12.8 Å². The Balaban J connectivity index is 1.88. The molecule has 9 atom stereocenters. The van der Waals surface area contributed by atoms with Crippen LogP contribution in [0.15, 0.2) is 0 Å². The summed E-state index contributed by atoms with van der Waals surface area (Å²) in [7, 11) is 0. The Morgan fingerprint density at radius 2 is 1.67 bits per heavy atom. The molecule has 170 valence electrons. The van der Waals surface area contributed by atoms with Crippen molar-refractivity contribution in [3.63, 3.8) is 0 Å². The van der Waals surface area contributed by atoms with Crippen LogP contribution in [0, 0.1) is 33.5 Å². The van der Waals surface area contributed by atoms with Gasteiger partial charge in [-0.3, -0.25) is 9.59 Å². The summed E-state index contributed by atoms with van der Waals surface area (Å²) < 4.78 is 20.9. The van der Waals surface area contributed by atoms with Gasteiger partial charge in [0.2, 0.25) is 0 Å². The van der Waals surface area contributed by atoms with Crippen molar-refractivity contribution in [2.75, 3.05) is 0 Å². The van der Waals surface area contributed by atoms with Gasteiger partial charge in [-0.2, -0.15) is 0 Å². The molecular weight excluding hydrogens is 404 g/mol. The largest absolute Gasteiger partial charge is 0.462 e. The highest BCUT2D eigenvalue weighted by Crippen LogP contribution is 2.75. The minimum Gasteiger partial charge on any atom is -0.462 e. The van der Waals surface area contributed by atoms with Gasteiger partial charge >= 0.3 is 11.9 Å². The molecule has 4 fully saturated rings. The third kappa shape index (κ3) is 2.83. The number of halogens is 1. The molecule has 30 heavy (non-hydrogen) atoms. The van der Waals surface area contributed by atoms with Crippen LogP contribution in [-0.2, 0) is 19.1 Å². The summed E-state index contributed by atoms with van der Waals surface area (Å²) in [6.07, 6.45) is 1.56. The summed E-state index contributed by atoms with van der Waals surface area (Å²) in [5.74, 6) is -0.642. The first-order valence-corrected chi connectivity index (χ1v) is 11.8. The Morgan fingerprint density at radius 1 is 1.03 bits per heavy atom. The van der Waals surface area contributed by atoms with Crippen LogP contribution in [0.4, 0.5) is 0 Å². The van der Waals surface area contributed by atoms with Crippen LogP contribution in [0.2, 0.25) is 0 Å². The zero-order valence-electron chi connectivity index (χ0n) is 20.1. The second-order valence-corrected chi connectivity index (χ2v) is 12.0. The first-order chi connectivity index (χ1) is 14.1. The van der Waals surface area contributed by atoms with Gasteiger partial charge in [0, 0.05) is 24.7 Å². The van der Waals surface area contributed by atoms with Crippen molar-refractivity contribution in [2.24, 2.45) is 33.5 Å². The number of hydrogen-bond donors (Lipinski definition) is 1. The predicted molar refractivity (Wildman–Crippen MR) is 114 cm³/mol. The molecule has 0 amide bonds. The van der Waals surface area contributed by atoms with E-state index in [1.165, 1.54) is 13.8 Å². The maximum Gasteiger partial charge on any atom is 0.302 e. The number of alkyl halides is 1. The standard InChI is InChI=1S/C24H37ClO5/c1-13(26)29-17-8-9-21(3,4)15-7-10-24-12-22(5,20(28)19(24)25)18(30-14(2)27)11-16(24)23(15,17)6/h15-20,28H,7-12H2,1-6H3/t15-,16+,17+,18-,19-,20+,22-,23-,24+/m1/s1/i18D. The second kappa shape index (κ2) is 6.84. The van der Waals surface area contributed by atoms with Crippen LogP contribution in [0.1, 0.15) is 81.4 Å². The smallest absolute Gasteiger partial charge is 0.302 e. The zero-order valence-corrected chi connectivity index (χ0v) is 19.8. The first kappa shape index (κ1) is 21.1. The van der Waals surface area contributed by atoms with Crippen molar-refractivity contribution in [1.29, 1.82) is 0 Å². The molecular formula is C24H37ClO5. The predicted octanol–water partition coefficient (Wildman–Crippen LogP) is 4.47.